The first kappa shape index (κ1) is 46.0. The van der Waals surface area contributed by atoms with E-state index in [9.17, 15) is 29.1 Å². The Hall–Kier alpha value is -5.10. The summed E-state index contributed by atoms with van der Waals surface area (Å²) < 4.78 is 9.69. The van der Waals surface area contributed by atoms with Crippen molar-refractivity contribution in [2.45, 2.75) is 111 Å². The number of nitrogens with one attached hydrogen (secondary N) is 4. The predicted octanol–water partition coefficient (Wildman–Crippen LogP) is 4.91. The Morgan fingerprint density at radius 1 is 0.783 bits per heavy atom. The third-order valence-corrected chi connectivity index (χ3v) is 11.6. The summed E-state index contributed by atoms with van der Waals surface area (Å²) in [5, 5.41) is 24.3. The minimum Gasteiger partial charge on any atom is -0.453 e. The largest absolute Gasteiger partial charge is 0.453 e. The first-order valence-electron chi connectivity index (χ1n) is 20.3. The Labute approximate surface area is 356 Å². The number of carbonyl (C=O) groups is 5. The van der Waals surface area contributed by atoms with Crippen LogP contribution in [-0.4, -0.2) is 108 Å². The van der Waals surface area contributed by atoms with Crippen LogP contribution in [0.1, 0.15) is 78.4 Å². The molecule has 5 unspecified atom stereocenters. The second-order valence-electron chi connectivity index (χ2n) is 17.4. The molecule has 3 aromatic rings. The number of rotatable bonds is 15. The summed E-state index contributed by atoms with van der Waals surface area (Å²) in [5.41, 5.74) is 2.04. The van der Waals surface area contributed by atoms with Crippen LogP contribution in [0.4, 0.5) is 21.3 Å². The second-order valence-corrected chi connectivity index (χ2v) is 18.3. The molecule has 2 aliphatic heterocycles. The van der Waals surface area contributed by atoms with E-state index < -0.39 is 47.5 Å². The van der Waals surface area contributed by atoms with Crippen molar-refractivity contribution in [3.8, 4) is 0 Å². The highest BCUT2D eigenvalue weighted by Crippen LogP contribution is 2.29. The van der Waals surface area contributed by atoms with Gasteiger partial charge in [0.05, 0.1) is 13.2 Å². The van der Waals surface area contributed by atoms with Crippen LogP contribution in [0.3, 0.4) is 0 Å². The molecular weight excluding hydrogens is 789 g/mol. The molecule has 5 amide bonds. The van der Waals surface area contributed by atoms with E-state index in [1.165, 1.54) is 25.6 Å². The van der Waals surface area contributed by atoms with Gasteiger partial charge in [-0.3, -0.25) is 24.5 Å². The molecule has 5 N–H and O–H groups in total. The number of hydrogen-bond acceptors (Lipinski definition) is 12. The number of amides is 5. The number of likely N-dealkylation sites (tertiary alicyclic amines) is 2. The number of nitrogens with zero attached hydrogens (tertiary/aromatic N) is 4. The third-order valence-electron chi connectivity index (χ3n) is 10.8. The molecule has 2 aromatic carbocycles. The van der Waals surface area contributed by atoms with Crippen LogP contribution in [0.15, 0.2) is 60.1 Å². The fourth-order valence-corrected chi connectivity index (χ4v) is 8.15. The number of benzene rings is 2. The van der Waals surface area contributed by atoms with Crippen molar-refractivity contribution in [3.05, 3.63) is 71.2 Å². The Morgan fingerprint density at radius 3 is 1.65 bits per heavy atom. The zero-order chi connectivity index (χ0) is 43.8. The Balaban J connectivity index is 1.19. The Bertz CT molecular complexity index is 1930. The summed E-state index contributed by atoms with van der Waals surface area (Å²) in [7, 11) is 2.59. The van der Waals surface area contributed by atoms with Gasteiger partial charge in [-0.25, -0.2) is 9.78 Å². The number of aliphatic hydroxyl groups is 1. The zero-order valence-corrected chi connectivity index (χ0v) is 36.6. The summed E-state index contributed by atoms with van der Waals surface area (Å²) >= 11 is 1.52. The Kier molecular flexibility index (Phi) is 15.3. The van der Waals surface area contributed by atoms with E-state index in [1.54, 1.807) is 16.0 Å². The van der Waals surface area contributed by atoms with Crippen LogP contribution in [-0.2, 0) is 41.7 Å². The molecule has 2 aliphatic rings. The molecule has 16 nitrogen and oxygen atoms in total. The lowest BCUT2D eigenvalue weighted by atomic mass is 9.85. The van der Waals surface area contributed by atoms with Gasteiger partial charge in [0.1, 0.15) is 18.1 Å². The summed E-state index contributed by atoms with van der Waals surface area (Å²) in [4.78, 5) is 76.2. The molecule has 0 saturated carbocycles. The average Bonchev–Trinajstić information content (AvgIpc) is 4.02. The van der Waals surface area contributed by atoms with Crippen LogP contribution >= 0.6 is 11.3 Å². The summed E-state index contributed by atoms with van der Waals surface area (Å²) in [6, 6.07) is 12.2. The predicted molar refractivity (Wildman–Crippen MR) is 230 cm³/mol. The van der Waals surface area contributed by atoms with E-state index in [2.05, 4.69) is 31.2 Å². The number of anilines is 3. The number of carbonyl (C=O) groups excluding carboxylic acids is 5. The molecule has 0 bridgehead atoms. The van der Waals surface area contributed by atoms with Crippen molar-refractivity contribution in [1.82, 2.24) is 25.4 Å². The van der Waals surface area contributed by atoms with E-state index in [0.717, 1.165) is 16.3 Å². The van der Waals surface area contributed by atoms with Crippen molar-refractivity contribution in [1.29, 1.82) is 0 Å². The lowest BCUT2D eigenvalue weighted by molar-refractivity contribution is -0.149. The SMILES string of the molecule is COC(=O)NC(C(=O)N1CCCC1C(=O)Nc1ccc(CN(Cc2ccc(NC(=O)C3CCCN3C(=O)C(NC(O)OC)C(C)(C)C)cc2)c2nccs2)cc1)C(C)(C)C. The maximum Gasteiger partial charge on any atom is 0.407 e. The quantitative estimate of drug-likeness (QED) is 0.131. The van der Waals surface area contributed by atoms with E-state index >= 15 is 0 Å². The van der Waals surface area contributed by atoms with E-state index in [0.29, 0.717) is 63.2 Å². The fourth-order valence-electron chi connectivity index (χ4n) is 7.51. The molecule has 1 aromatic heterocycles. The van der Waals surface area contributed by atoms with Gasteiger partial charge in [-0.2, -0.15) is 0 Å². The maximum absolute atomic E-state index is 13.7. The molecule has 2 fully saturated rings. The van der Waals surface area contributed by atoms with Gasteiger partial charge in [-0.15, -0.1) is 11.3 Å². The minimum absolute atomic E-state index is 0.265. The number of aliphatic hydroxyl groups excluding tert-OH is 1. The van der Waals surface area contributed by atoms with Crippen LogP contribution in [0.25, 0.3) is 0 Å². The number of ether oxygens (including phenoxy) is 2. The first-order valence-corrected chi connectivity index (χ1v) is 21.1. The van der Waals surface area contributed by atoms with Crippen LogP contribution in [0, 0.1) is 10.8 Å². The molecule has 3 heterocycles. The molecular formula is C43H60N8O8S. The van der Waals surface area contributed by atoms with E-state index in [-0.39, 0.29) is 23.6 Å². The van der Waals surface area contributed by atoms with Gasteiger partial charge in [0, 0.05) is 56.2 Å². The van der Waals surface area contributed by atoms with Crippen molar-refractivity contribution in [2.75, 3.05) is 42.8 Å². The van der Waals surface area contributed by atoms with Crippen LogP contribution < -0.4 is 26.2 Å². The van der Waals surface area contributed by atoms with Crippen molar-refractivity contribution in [2.24, 2.45) is 10.8 Å². The molecule has 5 rings (SSSR count). The van der Waals surface area contributed by atoms with Gasteiger partial charge >= 0.3 is 6.09 Å². The molecule has 60 heavy (non-hydrogen) atoms. The highest BCUT2D eigenvalue weighted by Gasteiger charge is 2.43. The summed E-state index contributed by atoms with van der Waals surface area (Å²) in [6.07, 6.45) is 2.14. The zero-order valence-electron chi connectivity index (χ0n) is 35.8. The van der Waals surface area contributed by atoms with Gasteiger partial charge in [-0.05, 0) is 71.9 Å². The number of methoxy groups -OCH3 is 2. The van der Waals surface area contributed by atoms with Gasteiger partial charge in [0.15, 0.2) is 5.13 Å². The number of aromatic nitrogens is 1. The molecule has 2 saturated heterocycles. The van der Waals surface area contributed by atoms with Gasteiger partial charge < -0.3 is 45.2 Å². The second kappa shape index (κ2) is 20.0. The third kappa shape index (κ3) is 11.8. The van der Waals surface area contributed by atoms with E-state index in [1.807, 2.05) is 95.5 Å². The lowest BCUT2D eigenvalue weighted by Gasteiger charge is -2.36. The van der Waals surface area contributed by atoms with Crippen LogP contribution in [0.2, 0.25) is 0 Å². The summed E-state index contributed by atoms with van der Waals surface area (Å²) in [6.45, 7) is 13.1. The monoisotopic (exact) mass is 848 g/mol. The standard InChI is InChI=1S/C43H60N8O8S/c1-42(2,3)33(47-40(56)58-7)37(54)50-22-9-11-31(50)35(52)45-29-17-13-27(14-18-29)25-49(39-44-21-24-60-39)26-28-15-19-30(20-16-28)46-36(53)32-12-10-23-51(32)38(55)34(43(4,5)6)48-41(57)59-8/h13-21,24,31-34,40,47,56H,9-12,22-23,25-26H2,1-8H3,(H,45,52)(H,46,53)(H,48,57). The average molecular weight is 849 g/mol. The normalized spacial score (nSPS) is 18.4. The topological polar surface area (TPSA) is 195 Å². The fraction of sp³-hybridized carbons (Fsp3) is 0.535. The molecule has 0 aliphatic carbocycles. The summed E-state index contributed by atoms with van der Waals surface area (Å²) in [5.74, 6) is -1.15. The highest BCUT2D eigenvalue weighted by atomic mass is 32.1. The van der Waals surface area contributed by atoms with Crippen LogP contribution in [0.5, 0.6) is 0 Å². The van der Waals surface area contributed by atoms with Gasteiger partial charge in [0.2, 0.25) is 30.0 Å². The van der Waals surface area contributed by atoms with Crippen molar-refractivity contribution in [3.63, 3.8) is 0 Å². The minimum atomic E-state index is -1.32. The van der Waals surface area contributed by atoms with Gasteiger partial charge in [-0.1, -0.05) is 65.8 Å². The first-order chi connectivity index (χ1) is 28.4. The molecule has 326 valence electrons. The Morgan fingerprint density at radius 2 is 1.25 bits per heavy atom. The van der Waals surface area contributed by atoms with Crippen molar-refractivity contribution >= 4 is 57.6 Å². The molecule has 5 atom stereocenters. The molecule has 17 heteroatoms. The number of thiazole rings is 1. The van der Waals surface area contributed by atoms with Crippen molar-refractivity contribution < 1.29 is 38.6 Å². The maximum atomic E-state index is 13.7. The lowest BCUT2D eigenvalue weighted by Crippen LogP contribution is -2.58. The molecule has 0 radical (unpaired) electrons. The molecule has 0 spiro atoms. The van der Waals surface area contributed by atoms with E-state index in [4.69, 9.17) is 9.47 Å². The smallest absolute Gasteiger partial charge is 0.407 e. The van der Waals surface area contributed by atoms with Gasteiger partial charge in [0.25, 0.3) is 0 Å². The number of hydrogen-bond donors (Lipinski definition) is 5. The highest BCUT2D eigenvalue weighted by molar-refractivity contribution is 7.13. The number of alkyl carbamates (subject to hydrolysis) is 1.